The van der Waals surface area contributed by atoms with Crippen LogP contribution in [-0.2, 0) is 0 Å². The molecule has 2 atom stereocenters. The zero-order chi connectivity index (χ0) is 13.8. The van der Waals surface area contributed by atoms with Gasteiger partial charge in [0.15, 0.2) is 0 Å². The molecule has 1 amide bonds. The zero-order valence-corrected chi connectivity index (χ0v) is 10.7. The molecule has 4 N–H and O–H groups in total. The second kappa shape index (κ2) is 6.02. The molecule has 19 heavy (non-hydrogen) atoms. The van der Waals surface area contributed by atoms with E-state index >= 15 is 0 Å². The molecule has 1 aliphatic rings. The van der Waals surface area contributed by atoms with Gasteiger partial charge in [0.25, 0.3) is 5.91 Å². The quantitative estimate of drug-likeness (QED) is 0.780. The number of halogens is 1. The molecule has 0 aliphatic heterocycles. The maximum absolute atomic E-state index is 12.9. The zero-order valence-electron chi connectivity index (χ0n) is 10.7. The van der Waals surface area contributed by atoms with E-state index in [2.05, 4.69) is 5.32 Å². The largest absolute Gasteiger partial charge is 0.507 e. The van der Waals surface area contributed by atoms with Crippen molar-refractivity contribution < 1.29 is 14.3 Å². The Kier molecular flexibility index (Phi) is 4.37. The molecule has 1 aliphatic carbocycles. The van der Waals surface area contributed by atoms with Crippen molar-refractivity contribution in [2.75, 3.05) is 6.54 Å². The molecule has 0 aromatic heterocycles. The summed E-state index contributed by atoms with van der Waals surface area (Å²) < 4.78 is 12.9. The second-order valence-electron chi connectivity index (χ2n) is 5.02. The maximum atomic E-state index is 12.9. The van der Waals surface area contributed by atoms with E-state index in [0.29, 0.717) is 6.54 Å². The van der Waals surface area contributed by atoms with Gasteiger partial charge in [-0.3, -0.25) is 4.79 Å². The number of hydrogen-bond donors (Lipinski definition) is 3. The standard InChI is InChI=1S/C14H19FN2O2/c15-10-5-6-11(13(18)7-10)14(19)17-12-4-2-1-3-9(12)8-16/h5-7,9,12,18H,1-4,8,16H2,(H,17,19). The molecule has 0 bridgehead atoms. The monoisotopic (exact) mass is 266 g/mol. The van der Waals surface area contributed by atoms with Crippen molar-refractivity contribution in [3.8, 4) is 5.75 Å². The van der Waals surface area contributed by atoms with E-state index in [4.69, 9.17) is 5.73 Å². The lowest BCUT2D eigenvalue weighted by Gasteiger charge is -2.31. The molecule has 0 spiro atoms. The van der Waals surface area contributed by atoms with Crippen molar-refractivity contribution in [1.82, 2.24) is 5.32 Å². The van der Waals surface area contributed by atoms with E-state index in [9.17, 15) is 14.3 Å². The highest BCUT2D eigenvalue weighted by atomic mass is 19.1. The summed E-state index contributed by atoms with van der Waals surface area (Å²) in [5.74, 6) is -0.993. The summed E-state index contributed by atoms with van der Waals surface area (Å²) in [6.45, 7) is 0.542. The topological polar surface area (TPSA) is 75.3 Å². The summed E-state index contributed by atoms with van der Waals surface area (Å²) in [6, 6.07) is 3.43. The predicted octanol–water partition coefficient (Wildman–Crippen LogP) is 1.78. The molecule has 1 aromatic rings. The van der Waals surface area contributed by atoms with Gasteiger partial charge in [-0.2, -0.15) is 0 Å². The van der Waals surface area contributed by atoms with Gasteiger partial charge in [0.2, 0.25) is 0 Å². The van der Waals surface area contributed by atoms with E-state index in [1.807, 2.05) is 0 Å². The van der Waals surface area contributed by atoms with Crippen LogP contribution in [0.1, 0.15) is 36.0 Å². The first-order chi connectivity index (χ1) is 9.11. The molecular weight excluding hydrogens is 247 g/mol. The number of amides is 1. The van der Waals surface area contributed by atoms with Gasteiger partial charge in [0, 0.05) is 12.1 Å². The highest BCUT2D eigenvalue weighted by molar-refractivity contribution is 5.96. The minimum absolute atomic E-state index is 0.0377. The number of nitrogens with two attached hydrogens (primary N) is 1. The molecule has 4 nitrogen and oxygen atoms in total. The first-order valence-corrected chi connectivity index (χ1v) is 6.61. The highest BCUT2D eigenvalue weighted by Crippen LogP contribution is 2.25. The van der Waals surface area contributed by atoms with Crippen LogP contribution in [0.5, 0.6) is 5.75 Å². The number of phenols is 1. The number of carbonyl (C=O) groups excluding carboxylic acids is 1. The van der Waals surface area contributed by atoms with Crippen molar-refractivity contribution in [3.63, 3.8) is 0 Å². The van der Waals surface area contributed by atoms with Gasteiger partial charge in [-0.15, -0.1) is 0 Å². The third-order valence-corrected chi connectivity index (χ3v) is 3.73. The van der Waals surface area contributed by atoms with Gasteiger partial charge in [-0.25, -0.2) is 4.39 Å². The predicted molar refractivity (Wildman–Crippen MR) is 70.3 cm³/mol. The van der Waals surface area contributed by atoms with Crippen LogP contribution in [0.2, 0.25) is 0 Å². The molecule has 0 saturated heterocycles. The Morgan fingerprint density at radius 2 is 2.16 bits per heavy atom. The van der Waals surface area contributed by atoms with Crippen LogP contribution in [0.3, 0.4) is 0 Å². The number of phenolic OH excluding ortho intramolecular Hbond substituents is 1. The van der Waals surface area contributed by atoms with Crippen molar-refractivity contribution in [3.05, 3.63) is 29.6 Å². The number of aromatic hydroxyl groups is 1. The lowest BCUT2D eigenvalue weighted by Crippen LogP contribution is -2.44. The van der Waals surface area contributed by atoms with Crippen molar-refractivity contribution in [2.45, 2.75) is 31.7 Å². The van der Waals surface area contributed by atoms with E-state index in [1.165, 1.54) is 6.07 Å². The van der Waals surface area contributed by atoms with Gasteiger partial charge in [0.1, 0.15) is 11.6 Å². The Bertz CT molecular complexity index is 465. The number of rotatable bonds is 3. The number of nitrogens with one attached hydrogen (secondary N) is 1. The molecule has 2 rings (SSSR count). The fourth-order valence-corrected chi connectivity index (χ4v) is 2.62. The van der Waals surface area contributed by atoms with E-state index in [-0.39, 0.29) is 29.2 Å². The summed E-state index contributed by atoms with van der Waals surface area (Å²) in [6.07, 6.45) is 4.11. The van der Waals surface area contributed by atoms with Crippen LogP contribution >= 0.6 is 0 Å². The molecule has 2 unspecified atom stereocenters. The fraction of sp³-hybridized carbons (Fsp3) is 0.500. The van der Waals surface area contributed by atoms with Gasteiger partial charge < -0.3 is 16.2 Å². The maximum Gasteiger partial charge on any atom is 0.255 e. The summed E-state index contributed by atoms with van der Waals surface area (Å²) in [5, 5.41) is 12.5. The Hall–Kier alpha value is -1.62. The van der Waals surface area contributed by atoms with Crippen LogP contribution in [-0.4, -0.2) is 23.6 Å². The molecule has 1 saturated carbocycles. The Morgan fingerprint density at radius 1 is 1.42 bits per heavy atom. The highest BCUT2D eigenvalue weighted by Gasteiger charge is 2.26. The van der Waals surface area contributed by atoms with E-state index in [0.717, 1.165) is 37.8 Å². The molecule has 5 heteroatoms. The van der Waals surface area contributed by atoms with Gasteiger partial charge in [-0.05, 0) is 37.4 Å². The number of hydrogen-bond acceptors (Lipinski definition) is 3. The third kappa shape index (κ3) is 3.23. The van der Waals surface area contributed by atoms with Gasteiger partial charge in [0.05, 0.1) is 5.56 Å². The summed E-state index contributed by atoms with van der Waals surface area (Å²) in [5.41, 5.74) is 5.81. The Balaban J connectivity index is 2.07. The molecule has 1 fully saturated rings. The lowest BCUT2D eigenvalue weighted by atomic mass is 9.84. The van der Waals surface area contributed by atoms with Crippen LogP contribution in [0.25, 0.3) is 0 Å². The minimum atomic E-state index is -0.563. The van der Waals surface area contributed by atoms with Crippen molar-refractivity contribution >= 4 is 5.91 Å². The molecular formula is C14H19FN2O2. The first kappa shape index (κ1) is 13.8. The minimum Gasteiger partial charge on any atom is -0.507 e. The molecule has 0 heterocycles. The van der Waals surface area contributed by atoms with Crippen LogP contribution < -0.4 is 11.1 Å². The van der Waals surface area contributed by atoms with Gasteiger partial charge >= 0.3 is 0 Å². The number of benzene rings is 1. The van der Waals surface area contributed by atoms with E-state index in [1.54, 1.807) is 0 Å². The van der Waals surface area contributed by atoms with Crippen molar-refractivity contribution in [1.29, 1.82) is 0 Å². The SMILES string of the molecule is NCC1CCCCC1NC(=O)c1ccc(F)cc1O. The first-order valence-electron chi connectivity index (χ1n) is 6.61. The molecule has 0 radical (unpaired) electrons. The van der Waals surface area contributed by atoms with Crippen LogP contribution in [0.4, 0.5) is 4.39 Å². The normalized spacial score (nSPS) is 23.1. The van der Waals surface area contributed by atoms with Crippen LogP contribution in [0, 0.1) is 11.7 Å². The molecule has 1 aromatic carbocycles. The smallest absolute Gasteiger partial charge is 0.255 e. The fourth-order valence-electron chi connectivity index (χ4n) is 2.62. The average Bonchev–Trinajstić information content (AvgIpc) is 2.39. The Labute approximate surface area is 111 Å². The lowest BCUT2D eigenvalue weighted by molar-refractivity contribution is 0.0905. The molecule has 104 valence electrons. The van der Waals surface area contributed by atoms with Gasteiger partial charge in [-0.1, -0.05) is 12.8 Å². The summed E-state index contributed by atoms with van der Waals surface area (Å²) in [4.78, 5) is 12.1. The number of carbonyl (C=O) groups is 1. The van der Waals surface area contributed by atoms with E-state index < -0.39 is 5.82 Å². The second-order valence-corrected chi connectivity index (χ2v) is 5.02. The summed E-state index contributed by atoms with van der Waals surface area (Å²) in [7, 11) is 0. The Morgan fingerprint density at radius 3 is 2.84 bits per heavy atom. The van der Waals surface area contributed by atoms with Crippen LogP contribution in [0.15, 0.2) is 18.2 Å². The average molecular weight is 266 g/mol. The van der Waals surface area contributed by atoms with Crippen molar-refractivity contribution in [2.24, 2.45) is 11.7 Å². The third-order valence-electron chi connectivity index (χ3n) is 3.73. The summed E-state index contributed by atoms with van der Waals surface area (Å²) >= 11 is 0.